The molecule has 0 heterocycles. The maximum absolute atomic E-state index is 13.1. The van der Waals surface area contributed by atoms with Gasteiger partial charge in [0.1, 0.15) is 0 Å². The molecule has 27 heavy (non-hydrogen) atoms. The largest absolute Gasteiger partial charge is 0.266 e. The van der Waals surface area contributed by atoms with E-state index in [0.717, 1.165) is 25.7 Å². The van der Waals surface area contributed by atoms with Gasteiger partial charge in [0.25, 0.3) is 10.0 Å². The van der Waals surface area contributed by atoms with E-state index in [1.54, 1.807) is 24.3 Å². The Labute approximate surface area is 161 Å². The lowest BCUT2D eigenvalue weighted by Gasteiger charge is -2.24. The number of sulfonamides is 2. The van der Waals surface area contributed by atoms with Crippen LogP contribution < -0.4 is 9.03 Å². The van der Waals surface area contributed by atoms with Gasteiger partial charge in [-0.1, -0.05) is 31.5 Å². The average Bonchev–Trinajstić information content (AvgIpc) is 3.46. The molecule has 0 radical (unpaired) electrons. The van der Waals surface area contributed by atoms with Gasteiger partial charge in [-0.05, 0) is 55.7 Å². The monoisotopic (exact) mass is 408 g/mol. The number of unbranched alkanes of at least 4 members (excludes halogenated alkanes) is 1. The highest BCUT2D eigenvalue weighted by atomic mass is 32.2. The Morgan fingerprint density at radius 3 is 2.07 bits per heavy atom. The summed E-state index contributed by atoms with van der Waals surface area (Å²) in [7, 11) is -7.39. The Hall–Kier alpha value is -1.90. The van der Waals surface area contributed by atoms with Crippen LogP contribution in [0, 0.1) is 0 Å². The van der Waals surface area contributed by atoms with Crippen molar-refractivity contribution in [2.24, 2.45) is 0 Å². The summed E-state index contributed by atoms with van der Waals surface area (Å²) in [6.45, 7) is 2.37. The zero-order valence-electron chi connectivity index (χ0n) is 15.2. The molecule has 0 aromatic heterocycles. The number of para-hydroxylation sites is 1. The Balaban J connectivity index is 1.90. The van der Waals surface area contributed by atoms with Crippen molar-refractivity contribution >= 4 is 25.7 Å². The van der Waals surface area contributed by atoms with Crippen molar-refractivity contribution in [1.82, 2.24) is 4.72 Å². The number of hydrogen-bond acceptors (Lipinski definition) is 4. The van der Waals surface area contributed by atoms with Crippen LogP contribution in [-0.4, -0.2) is 29.4 Å². The first kappa shape index (κ1) is 19.9. The number of rotatable bonds is 9. The van der Waals surface area contributed by atoms with E-state index in [4.69, 9.17) is 0 Å². The summed E-state index contributed by atoms with van der Waals surface area (Å²) >= 11 is 0. The average molecular weight is 409 g/mol. The molecular weight excluding hydrogens is 384 g/mol. The normalized spacial score (nSPS) is 14.9. The van der Waals surface area contributed by atoms with Crippen LogP contribution in [0.25, 0.3) is 0 Å². The molecule has 2 aromatic carbocycles. The van der Waals surface area contributed by atoms with E-state index >= 15 is 0 Å². The van der Waals surface area contributed by atoms with E-state index < -0.39 is 20.0 Å². The minimum absolute atomic E-state index is 0.000949. The fourth-order valence-corrected chi connectivity index (χ4v) is 5.50. The smallest absolute Gasteiger partial charge is 0.264 e. The summed E-state index contributed by atoms with van der Waals surface area (Å²) in [4.78, 5) is 0.154. The molecule has 0 aliphatic heterocycles. The van der Waals surface area contributed by atoms with Crippen LogP contribution in [0.3, 0.4) is 0 Å². The van der Waals surface area contributed by atoms with Gasteiger partial charge >= 0.3 is 0 Å². The van der Waals surface area contributed by atoms with Crippen molar-refractivity contribution in [3.05, 3.63) is 54.6 Å². The first-order valence-electron chi connectivity index (χ1n) is 9.05. The molecule has 6 nitrogen and oxygen atoms in total. The van der Waals surface area contributed by atoms with E-state index in [-0.39, 0.29) is 15.8 Å². The predicted molar refractivity (Wildman–Crippen MR) is 106 cm³/mol. The van der Waals surface area contributed by atoms with E-state index in [2.05, 4.69) is 4.72 Å². The maximum atomic E-state index is 13.1. The lowest BCUT2D eigenvalue weighted by Crippen LogP contribution is -2.32. The van der Waals surface area contributed by atoms with E-state index in [0.29, 0.717) is 12.2 Å². The lowest BCUT2D eigenvalue weighted by molar-refractivity contribution is 0.579. The first-order chi connectivity index (χ1) is 12.8. The second-order valence-corrected chi connectivity index (χ2v) is 10.2. The third-order valence-electron chi connectivity index (χ3n) is 4.38. The van der Waals surface area contributed by atoms with Crippen molar-refractivity contribution in [1.29, 1.82) is 0 Å². The molecular formula is C19H24N2O4S2. The number of anilines is 1. The lowest BCUT2D eigenvalue weighted by atomic mass is 10.3. The van der Waals surface area contributed by atoms with Gasteiger partial charge in [-0.2, -0.15) is 0 Å². The molecule has 0 unspecified atom stereocenters. The molecule has 1 saturated carbocycles. The van der Waals surface area contributed by atoms with Crippen LogP contribution in [0.4, 0.5) is 5.69 Å². The van der Waals surface area contributed by atoms with Crippen molar-refractivity contribution < 1.29 is 16.8 Å². The second-order valence-electron chi connectivity index (χ2n) is 6.63. The molecule has 3 rings (SSSR count). The van der Waals surface area contributed by atoms with Crippen LogP contribution in [0.2, 0.25) is 0 Å². The summed E-state index contributed by atoms with van der Waals surface area (Å²) < 4.78 is 54.8. The number of nitrogens with zero attached hydrogens (tertiary/aromatic N) is 1. The van der Waals surface area contributed by atoms with Gasteiger partial charge in [0.05, 0.1) is 15.5 Å². The Morgan fingerprint density at radius 2 is 1.52 bits per heavy atom. The fraction of sp³-hybridized carbons (Fsp3) is 0.368. The minimum atomic E-state index is -3.78. The molecule has 146 valence electrons. The molecule has 1 aliphatic carbocycles. The van der Waals surface area contributed by atoms with Crippen molar-refractivity contribution in [3.8, 4) is 0 Å². The molecule has 0 amide bonds. The third kappa shape index (κ3) is 4.69. The van der Waals surface area contributed by atoms with Crippen LogP contribution in [0.5, 0.6) is 0 Å². The van der Waals surface area contributed by atoms with Crippen molar-refractivity contribution in [2.75, 3.05) is 10.8 Å². The topological polar surface area (TPSA) is 83.6 Å². The first-order valence-corrected chi connectivity index (χ1v) is 12.0. The van der Waals surface area contributed by atoms with Gasteiger partial charge in [0.2, 0.25) is 10.0 Å². The van der Waals surface area contributed by atoms with E-state index in [1.807, 2.05) is 13.0 Å². The van der Waals surface area contributed by atoms with Gasteiger partial charge in [0, 0.05) is 12.6 Å². The molecule has 2 aromatic rings. The molecule has 1 fully saturated rings. The Kier molecular flexibility index (Phi) is 5.88. The van der Waals surface area contributed by atoms with Crippen LogP contribution >= 0.6 is 0 Å². The summed E-state index contributed by atoms with van der Waals surface area (Å²) in [5, 5.41) is 0. The van der Waals surface area contributed by atoms with Gasteiger partial charge < -0.3 is 0 Å². The minimum Gasteiger partial charge on any atom is -0.266 e. The quantitative estimate of drug-likeness (QED) is 0.691. The summed E-state index contributed by atoms with van der Waals surface area (Å²) in [5.74, 6) is 0. The standard InChI is InChI=1S/C19H24N2O4S2/c1-2-3-15-21(17-7-5-4-6-8-17)27(24,25)19-13-11-18(12-14-19)26(22,23)20-16-9-10-16/h4-8,11-14,16,20H,2-3,9-10,15H2,1H3. The zero-order chi connectivity index (χ0) is 19.5. The third-order valence-corrected chi connectivity index (χ3v) is 7.76. The zero-order valence-corrected chi connectivity index (χ0v) is 16.8. The van der Waals surface area contributed by atoms with Gasteiger partial charge in [-0.25, -0.2) is 21.6 Å². The fourth-order valence-electron chi connectivity index (χ4n) is 2.69. The highest BCUT2D eigenvalue weighted by Gasteiger charge is 2.29. The van der Waals surface area contributed by atoms with Crippen molar-refractivity contribution in [2.45, 2.75) is 48.4 Å². The molecule has 0 atom stereocenters. The molecule has 8 heteroatoms. The van der Waals surface area contributed by atoms with Gasteiger partial charge in [0.15, 0.2) is 0 Å². The highest BCUT2D eigenvalue weighted by molar-refractivity contribution is 7.92. The predicted octanol–water partition coefficient (Wildman–Crippen LogP) is 3.12. The molecule has 1 aliphatic rings. The van der Waals surface area contributed by atoms with Gasteiger partial charge in [-0.3, -0.25) is 4.31 Å². The Morgan fingerprint density at radius 1 is 0.926 bits per heavy atom. The molecule has 0 bridgehead atoms. The van der Waals surface area contributed by atoms with Crippen LogP contribution in [0.15, 0.2) is 64.4 Å². The summed E-state index contributed by atoms with van der Waals surface area (Å²) in [5.41, 5.74) is 0.595. The molecule has 1 N–H and O–H groups in total. The number of benzene rings is 2. The van der Waals surface area contributed by atoms with Crippen LogP contribution in [-0.2, 0) is 20.0 Å². The summed E-state index contributed by atoms with van der Waals surface area (Å²) in [6.07, 6.45) is 3.28. The maximum Gasteiger partial charge on any atom is 0.264 e. The molecule has 0 saturated heterocycles. The van der Waals surface area contributed by atoms with E-state index in [9.17, 15) is 16.8 Å². The molecule has 0 spiro atoms. The summed E-state index contributed by atoms with van der Waals surface area (Å²) in [6, 6.07) is 14.4. The number of hydrogen-bond donors (Lipinski definition) is 1. The Bertz CT molecular complexity index is 968. The van der Waals surface area contributed by atoms with E-state index in [1.165, 1.54) is 28.6 Å². The highest BCUT2D eigenvalue weighted by Crippen LogP contribution is 2.26. The van der Waals surface area contributed by atoms with Crippen LogP contribution in [0.1, 0.15) is 32.6 Å². The van der Waals surface area contributed by atoms with Gasteiger partial charge in [-0.15, -0.1) is 0 Å². The number of nitrogens with one attached hydrogen (secondary N) is 1. The SMILES string of the molecule is CCCCN(c1ccccc1)S(=O)(=O)c1ccc(S(=O)(=O)NC2CC2)cc1. The van der Waals surface area contributed by atoms with Crippen molar-refractivity contribution in [3.63, 3.8) is 0 Å². The second kappa shape index (κ2) is 8.00.